The second kappa shape index (κ2) is 12.8. The zero-order valence-corrected chi connectivity index (χ0v) is 18.8. The topological polar surface area (TPSA) is 78.7 Å². The zero-order valence-electron chi connectivity index (χ0n) is 16.5. The first-order valence-corrected chi connectivity index (χ1v) is 8.92. The first-order chi connectivity index (χ1) is 13.2. The monoisotopic (exact) mass is 494 g/mol. The summed E-state index contributed by atoms with van der Waals surface area (Å²) in [5.74, 6) is 2.21. The molecule has 28 heavy (non-hydrogen) atoms. The summed E-state index contributed by atoms with van der Waals surface area (Å²) in [6, 6.07) is 15.6. The standard InChI is InChI=1S/C21H26N4O2.HI/c1-4-23-21(25-15-18-7-5-6-17(12-18)14-22)24-11-10-16-8-9-19(26-2)20(13-16)27-3;/h5-9,12-13H,4,10-11,15H2,1-3H3,(H2,23,24,25);1H. The maximum atomic E-state index is 8.99. The molecule has 0 saturated carbocycles. The Hall–Kier alpha value is -2.47. The highest BCUT2D eigenvalue weighted by Crippen LogP contribution is 2.27. The smallest absolute Gasteiger partial charge is 0.191 e. The molecular formula is C21H27IN4O2. The van der Waals surface area contributed by atoms with E-state index in [1.807, 2.05) is 43.3 Å². The van der Waals surface area contributed by atoms with Crippen molar-refractivity contribution >= 4 is 29.9 Å². The van der Waals surface area contributed by atoms with Gasteiger partial charge >= 0.3 is 0 Å². The number of aliphatic imine (C=N–C) groups is 1. The number of hydrogen-bond donors (Lipinski definition) is 2. The number of ether oxygens (including phenoxy) is 2. The normalized spacial score (nSPS) is 10.4. The van der Waals surface area contributed by atoms with E-state index < -0.39 is 0 Å². The van der Waals surface area contributed by atoms with Gasteiger partial charge in [-0.2, -0.15) is 5.26 Å². The Labute approximate surface area is 184 Å². The zero-order chi connectivity index (χ0) is 19.5. The van der Waals surface area contributed by atoms with Crippen molar-refractivity contribution in [2.45, 2.75) is 19.9 Å². The summed E-state index contributed by atoms with van der Waals surface area (Å²) in [6.45, 7) is 4.06. The molecule has 7 heteroatoms. The van der Waals surface area contributed by atoms with E-state index in [0.717, 1.165) is 48.1 Å². The van der Waals surface area contributed by atoms with Crippen LogP contribution in [0.5, 0.6) is 11.5 Å². The van der Waals surface area contributed by atoms with Crippen LogP contribution in [0.3, 0.4) is 0 Å². The molecule has 150 valence electrons. The Morgan fingerprint density at radius 3 is 2.50 bits per heavy atom. The van der Waals surface area contributed by atoms with E-state index in [1.165, 1.54) is 0 Å². The highest BCUT2D eigenvalue weighted by atomic mass is 127. The van der Waals surface area contributed by atoms with Crippen molar-refractivity contribution in [1.29, 1.82) is 5.26 Å². The minimum Gasteiger partial charge on any atom is -0.493 e. The third-order valence-corrected chi connectivity index (χ3v) is 3.97. The van der Waals surface area contributed by atoms with Gasteiger partial charge < -0.3 is 20.1 Å². The maximum Gasteiger partial charge on any atom is 0.191 e. The molecule has 0 bridgehead atoms. The van der Waals surface area contributed by atoms with Gasteiger partial charge in [0.1, 0.15) is 0 Å². The predicted octanol–water partition coefficient (Wildman–Crippen LogP) is 3.49. The van der Waals surface area contributed by atoms with Gasteiger partial charge in [0.2, 0.25) is 0 Å². The highest BCUT2D eigenvalue weighted by Gasteiger charge is 2.05. The van der Waals surface area contributed by atoms with Crippen molar-refractivity contribution in [1.82, 2.24) is 10.6 Å². The first-order valence-electron chi connectivity index (χ1n) is 8.92. The molecular weight excluding hydrogens is 467 g/mol. The van der Waals surface area contributed by atoms with Crippen LogP contribution in [0.4, 0.5) is 0 Å². The third-order valence-electron chi connectivity index (χ3n) is 3.97. The first kappa shape index (κ1) is 23.6. The second-order valence-corrected chi connectivity index (χ2v) is 5.87. The predicted molar refractivity (Wildman–Crippen MR) is 123 cm³/mol. The SMILES string of the molecule is CCNC(=NCc1cccc(C#N)c1)NCCc1ccc(OC)c(OC)c1.I. The molecule has 0 saturated heterocycles. The summed E-state index contributed by atoms with van der Waals surface area (Å²) in [5.41, 5.74) is 2.80. The van der Waals surface area contributed by atoms with Crippen molar-refractivity contribution < 1.29 is 9.47 Å². The number of guanidine groups is 1. The number of methoxy groups -OCH3 is 2. The molecule has 2 N–H and O–H groups in total. The molecule has 0 amide bonds. The summed E-state index contributed by atoms with van der Waals surface area (Å²) in [6.07, 6.45) is 0.828. The van der Waals surface area contributed by atoms with Crippen LogP contribution in [0.15, 0.2) is 47.5 Å². The van der Waals surface area contributed by atoms with Crippen molar-refractivity contribution in [2.24, 2.45) is 4.99 Å². The van der Waals surface area contributed by atoms with Crippen LogP contribution in [0.2, 0.25) is 0 Å². The summed E-state index contributed by atoms with van der Waals surface area (Å²) in [4.78, 5) is 4.59. The fraction of sp³-hybridized carbons (Fsp3) is 0.333. The van der Waals surface area contributed by atoms with Gasteiger partial charge in [0.05, 0.1) is 32.4 Å². The lowest BCUT2D eigenvalue weighted by atomic mass is 10.1. The van der Waals surface area contributed by atoms with Gasteiger partial charge in [-0.1, -0.05) is 18.2 Å². The molecule has 0 fully saturated rings. The summed E-state index contributed by atoms with van der Waals surface area (Å²) < 4.78 is 10.6. The van der Waals surface area contributed by atoms with Crippen LogP contribution in [0.1, 0.15) is 23.6 Å². The molecule has 0 spiro atoms. The minimum atomic E-state index is 0. The molecule has 0 radical (unpaired) electrons. The molecule has 0 unspecified atom stereocenters. The second-order valence-electron chi connectivity index (χ2n) is 5.87. The summed E-state index contributed by atoms with van der Waals surface area (Å²) >= 11 is 0. The van der Waals surface area contributed by atoms with E-state index in [9.17, 15) is 0 Å². The van der Waals surface area contributed by atoms with Crippen molar-refractivity contribution in [3.8, 4) is 17.6 Å². The Kier molecular flexibility index (Phi) is 10.8. The Balaban J connectivity index is 0.00000392. The van der Waals surface area contributed by atoms with Crippen LogP contribution in [-0.2, 0) is 13.0 Å². The molecule has 6 nitrogen and oxygen atoms in total. The van der Waals surface area contributed by atoms with E-state index in [0.29, 0.717) is 12.1 Å². The number of hydrogen-bond acceptors (Lipinski definition) is 4. The molecule has 0 atom stereocenters. The number of nitrogens with one attached hydrogen (secondary N) is 2. The largest absolute Gasteiger partial charge is 0.493 e. The lowest BCUT2D eigenvalue weighted by Gasteiger charge is -2.13. The molecule has 0 aliphatic heterocycles. The molecule has 2 aromatic carbocycles. The maximum absolute atomic E-state index is 8.99. The highest BCUT2D eigenvalue weighted by molar-refractivity contribution is 14.0. The molecule has 0 aromatic heterocycles. The average Bonchev–Trinajstić information content (AvgIpc) is 2.72. The Morgan fingerprint density at radius 2 is 1.82 bits per heavy atom. The van der Waals surface area contributed by atoms with E-state index in [-0.39, 0.29) is 24.0 Å². The third kappa shape index (κ3) is 7.27. The number of nitriles is 1. The van der Waals surface area contributed by atoms with Crippen LogP contribution in [0.25, 0.3) is 0 Å². The minimum absolute atomic E-state index is 0. The van der Waals surface area contributed by atoms with Gasteiger partial charge in [-0.05, 0) is 48.7 Å². The van der Waals surface area contributed by atoms with Crippen molar-refractivity contribution in [3.05, 3.63) is 59.2 Å². The summed E-state index contributed by atoms with van der Waals surface area (Å²) in [7, 11) is 3.27. The van der Waals surface area contributed by atoms with Gasteiger partial charge in [-0.25, -0.2) is 4.99 Å². The Bertz CT molecular complexity index is 818. The van der Waals surface area contributed by atoms with Crippen LogP contribution >= 0.6 is 24.0 Å². The number of nitrogens with zero attached hydrogens (tertiary/aromatic N) is 2. The van der Waals surface area contributed by atoms with E-state index in [4.69, 9.17) is 14.7 Å². The summed E-state index contributed by atoms with van der Waals surface area (Å²) in [5, 5.41) is 15.6. The van der Waals surface area contributed by atoms with Crippen molar-refractivity contribution in [2.75, 3.05) is 27.3 Å². The van der Waals surface area contributed by atoms with E-state index in [2.05, 4.69) is 21.7 Å². The number of rotatable bonds is 8. The van der Waals surface area contributed by atoms with Gasteiger partial charge in [-0.15, -0.1) is 24.0 Å². The fourth-order valence-electron chi connectivity index (χ4n) is 2.61. The molecule has 0 heterocycles. The van der Waals surface area contributed by atoms with Gasteiger partial charge in [0.15, 0.2) is 17.5 Å². The number of halogens is 1. The molecule has 0 aliphatic carbocycles. The quantitative estimate of drug-likeness (QED) is 0.334. The van der Waals surface area contributed by atoms with E-state index in [1.54, 1.807) is 20.3 Å². The van der Waals surface area contributed by atoms with Crippen molar-refractivity contribution in [3.63, 3.8) is 0 Å². The van der Waals surface area contributed by atoms with Gasteiger partial charge in [0, 0.05) is 13.1 Å². The van der Waals surface area contributed by atoms with Crippen LogP contribution < -0.4 is 20.1 Å². The van der Waals surface area contributed by atoms with Gasteiger partial charge in [0.25, 0.3) is 0 Å². The average molecular weight is 494 g/mol. The lowest BCUT2D eigenvalue weighted by Crippen LogP contribution is -2.38. The van der Waals surface area contributed by atoms with E-state index >= 15 is 0 Å². The van der Waals surface area contributed by atoms with Gasteiger partial charge in [-0.3, -0.25) is 0 Å². The van der Waals surface area contributed by atoms with Crippen LogP contribution in [-0.4, -0.2) is 33.3 Å². The Morgan fingerprint density at radius 1 is 1.04 bits per heavy atom. The molecule has 2 rings (SSSR count). The lowest BCUT2D eigenvalue weighted by molar-refractivity contribution is 0.354. The molecule has 0 aliphatic rings. The fourth-order valence-corrected chi connectivity index (χ4v) is 2.61. The number of benzene rings is 2. The molecule has 2 aromatic rings. The van der Waals surface area contributed by atoms with Crippen LogP contribution in [0, 0.1) is 11.3 Å².